The first-order valence-electron chi connectivity index (χ1n) is 10.7. The number of carbonyl (C=O) groups is 1. The van der Waals surface area contributed by atoms with Gasteiger partial charge in [-0.3, -0.25) is 4.79 Å². The molecule has 0 atom stereocenters. The Hall–Kier alpha value is -3.53. The Morgan fingerprint density at radius 3 is 2.34 bits per heavy atom. The molecule has 0 bridgehead atoms. The summed E-state index contributed by atoms with van der Waals surface area (Å²) in [6, 6.07) is 20.3. The molecule has 0 aliphatic rings. The first kappa shape index (κ1) is 26.1. The number of hydrogen-bond donors (Lipinski definition) is 0. The average Bonchev–Trinajstić information content (AvgIpc) is 2.82. The Balaban J connectivity index is 1.90. The van der Waals surface area contributed by atoms with E-state index in [1.165, 1.54) is 12.1 Å². The number of esters is 1. The highest BCUT2D eigenvalue weighted by molar-refractivity contribution is 7.88. The van der Waals surface area contributed by atoms with Gasteiger partial charge in [0.1, 0.15) is 18.1 Å². The summed E-state index contributed by atoms with van der Waals surface area (Å²) in [6.45, 7) is 2.17. The lowest BCUT2D eigenvalue weighted by Crippen LogP contribution is -2.28. The van der Waals surface area contributed by atoms with E-state index >= 15 is 0 Å². The second-order valence-corrected chi connectivity index (χ2v) is 8.95. The second-order valence-electron chi connectivity index (χ2n) is 7.41. The van der Waals surface area contributed by atoms with Crippen molar-refractivity contribution in [3.8, 4) is 22.6 Å². The number of alkyl halides is 3. The summed E-state index contributed by atoms with van der Waals surface area (Å²) in [4.78, 5) is 11.9. The van der Waals surface area contributed by atoms with E-state index in [1.807, 2.05) is 30.3 Å². The fourth-order valence-corrected chi connectivity index (χ4v) is 3.70. The van der Waals surface area contributed by atoms with E-state index in [4.69, 9.17) is 9.47 Å². The lowest BCUT2D eigenvalue weighted by atomic mass is 9.96. The van der Waals surface area contributed by atoms with Crippen molar-refractivity contribution in [2.24, 2.45) is 0 Å². The van der Waals surface area contributed by atoms with Gasteiger partial charge in [0, 0.05) is 6.42 Å². The summed E-state index contributed by atoms with van der Waals surface area (Å²) in [7, 11) is -5.84. The monoisotopic (exact) mass is 508 g/mol. The fourth-order valence-electron chi connectivity index (χ4n) is 3.25. The molecule has 186 valence electrons. The SMILES string of the molecule is CCOC(=O)CCc1cc(OS(=O)(=O)C(F)(F)F)ccc1-c1cccc(OCc2ccccc2)c1. The van der Waals surface area contributed by atoms with Gasteiger partial charge in [0.25, 0.3) is 0 Å². The summed E-state index contributed by atoms with van der Waals surface area (Å²) in [6.07, 6.45) is 0.0348. The highest BCUT2D eigenvalue weighted by atomic mass is 32.2. The highest BCUT2D eigenvalue weighted by Gasteiger charge is 2.48. The maximum atomic E-state index is 12.8. The minimum Gasteiger partial charge on any atom is -0.489 e. The van der Waals surface area contributed by atoms with Crippen LogP contribution >= 0.6 is 0 Å². The van der Waals surface area contributed by atoms with Crippen molar-refractivity contribution in [1.29, 1.82) is 0 Å². The minimum absolute atomic E-state index is 0.0550. The molecule has 0 fully saturated rings. The van der Waals surface area contributed by atoms with Crippen molar-refractivity contribution in [3.63, 3.8) is 0 Å². The second kappa shape index (κ2) is 11.3. The number of carbonyl (C=O) groups excluding carboxylic acids is 1. The lowest BCUT2D eigenvalue weighted by molar-refractivity contribution is -0.143. The van der Waals surface area contributed by atoms with E-state index in [0.717, 1.165) is 11.6 Å². The van der Waals surface area contributed by atoms with Crippen molar-refractivity contribution < 1.29 is 40.0 Å². The van der Waals surface area contributed by atoms with Crippen LogP contribution in [-0.2, 0) is 32.7 Å². The molecule has 0 spiro atoms. The molecule has 0 aromatic heterocycles. The number of hydrogen-bond acceptors (Lipinski definition) is 6. The Morgan fingerprint density at radius 2 is 1.66 bits per heavy atom. The van der Waals surface area contributed by atoms with Crippen molar-refractivity contribution in [2.45, 2.75) is 31.9 Å². The third kappa shape index (κ3) is 7.22. The molecule has 0 amide bonds. The third-order valence-electron chi connectivity index (χ3n) is 4.86. The zero-order valence-corrected chi connectivity index (χ0v) is 19.6. The van der Waals surface area contributed by atoms with Gasteiger partial charge in [-0.15, -0.1) is 0 Å². The van der Waals surface area contributed by atoms with Crippen LogP contribution in [0.3, 0.4) is 0 Å². The van der Waals surface area contributed by atoms with Crippen LogP contribution in [0.15, 0.2) is 72.8 Å². The van der Waals surface area contributed by atoms with Gasteiger partial charge >= 0.3 is 21.6 Å². The molecule has 0 saturated carbocycles. The normalized spacial score (nSPS) is 11.7. The van der Waals surface area contributed by atoms with E-state index in [0.29, 0.717) is 29.0 Å². The van der Waals surface area contributed by atoms with Crippen molar-refractivity contribution in [1.82, 2.24) is 0 Å². The van der Waals surface area contributed by atoms with E-state index < -0.39 is 27.3 Å². The Labute approximate surface area is 201 Å². The van der Waals surface area contributed by atoms with E-state index in [2.05, 4.69) is 4.18 Å². The van der Waals surface area contributed by atoms with Crippen LogP contribution in [0.25, 0.3) is 11.1 Å². The summed E-state index contributed by atoms with van der Waals surface area (Å²) < 4.78 is 76.2. The largest absolute Gasteiger partial charge is 0.534 e. The van der Waals surface area contributed by atoms with Crippen molar-refractivity contribution in [2.75, 3.05) is 6.61 Å². The summed E-state index contributed by atoms with van der Waals surface area (Å²) >= 11 is 0. The molecule has 3 rings (SSSR count). The third-order valence-corrected chi connectivity index (χ3v) is 5.84. The maximum Gasteiger partial charge on any atom is 0.534 e. The predicted molar refractivity (Wildman–Crippen MR) is 123 cm³/mol. The first-order valence-corrected chi connectivity index (χ1v) is 12.1. The van der Waals surface area contributed by atoms with Crippen LogP contribution in [0, 0.1) is 0 Å². The molecule has 0 saturated heterocycles. The molecule has 6 nitrogen and oxygen atoms in total. The molecular formula is C25H23F3O6S. The molecule has 0 heterocycles. The van der Waals surface area contributed by atoms with Crippen LogP contribution in [-0.4, -0.2) is 26.5 Å². The van der Waals surface area contributed by atoms with Gasteiger partial charge in [-0.2, -0.15) is 21.6 Å². The Bertz CT molecular complexity index is 1260. The van der Waals surface area contributed by atoms with Crippen molar-refractivity contribution in [3.05, 3.63) is 83.9 Å². The molecule has 0 aliphatic carbocycles. The van der Waals surface area contributed by atoms with Crippen LogP contribution < -0.4 is 8.92 Å². The number of halogens is 3. The van der Waals surface area contributed by atoms with Crippen LogP contribution in [0.4, 0.5) is 13.2 Å². The number of aryl methyl sites for hydroxylation is 1. The zero-order chi connectivity index (χ0) is 25.5. The van der Waals surface area contributed by atoms with Crippen molar-refractivity contribution >= 4 is 16.1 Å². The Kier molecular flexibility index (Phi) is 8.39. The first-order chi connectivity index (χ1) is 16.6. The topological polar surface area (TPSA) is 78.9 Å². The minimum atomic E-state index is -5.84. The molecular weight excluding hydrogens is 485 g/mol. The Morgan fingerprint density at radius 1 is 0.914 bits per heavy atom. The van der Waals surface area contributed by atoms with E-state index in [1.54, 1.807) is 31.2 Å². The summed E-state index contributed by atoms with van der Waals surface area (Å²) in [5.74, 6) is -0.447. The molecule has 0 aliphatic heterocycles. The quantitative estimate of drug-likeness (QED) is 0.200. The molecule has 35 heavy (non-hydrogen) atoms. The van der Waals surface area contributed by atoms with Crippen LogP contribution in [0.2, 0.25) is 0 Å². The number of ether oxygens (including phenoxy) is 2. The number of benzene rings is 3. The number of rotatable bonds is 10. The molecule has 0 radical (unpaired) electrons. The van der Waals surface area contributed by atoms with Gasteiger partial charge in [-0.1, -0.05) is 48.5 Å². The molecule has 3 aromatic rings. The highest BCUT2D eigenvalue weighted by Crippen LogP contribution is 2.33. The van der Waals surface area contributed by atoms with Crippen LogP contribution in [0.5, 0.6) is 11.5 Å². The van der Waals surface area contributed by atoms with E-state index in [9.17, 15) is 26.4 Å². The molecule has 0 unspecified atom stereocenters. The van der Waals surface area contributed by atoms with Gasteiger partial charge < -0.3 is 13.7 Å². The van der Waals surface area contributed by atoms with Gasteiger partial charge in [0.2, 0.25) is 0 Å². The fraction of sp³-hybridized carbons (Fsp3) is 0.240. The summed E-state index contributed by atoms with van der Waals surface area (Å²) in [5, 5.41) is 0. The average molecular weight is 509 g/mol. The molecule has 0 N–H and O–H groups in total. The predicted octanol–water partition coefficient (Wildman–Crippen LogP) is 5.66. The van der Waals surface area contributed by atoms with Gasteiger partial charge in [-0.05, 0) is 59.9 Å². The molecule has 3 aromatic carbocycles. The standard InChI is InChI=1S/C25H23F3O6S/c1-2-32-24(29)14-11-20-16-22(34-35(30,31)25(26,27)28)12-13-23(20)19-9-6-10-21(15-19)33-17-18-7-4-3-5-8-18/h3-10,12-13,15-16H,2,11,14,17H2,1H3. The van der Waals surface area contributed by atoms with Gasteiger partial charge in [0.05, 0.1) is 6.61 Å². The molecule has 10 heteroatoms. The zero-order valence-electron chi connectivity index (χ0n) is 18.7. The summed E-state index contributed by atoms with van der Waals surface area (Å²) in [5.41, 5.74) is -2.94. The van der Waals surface area contributed by atoms with Gasteiger partial charge in [-0.25, -0.2) is 0 Å². The maximum absolute atomic E-state index is 12.8. The van der Waals surface area contributed by atoms with E-state index in [-0.39, 0.29) is 19.4 Å². The van der Waals surface area contributed by atoms with Crippen LogP contribution in [0.1, 0.15) is 24.5 Å². The lowest BCUT2D eigenvalue weighted by Gasteiger charge is -2.15. The smallest absolute Gasteiger partial charge is 0.489 e. The van der Waals surface area contributed by atoms with Gasteiger partial charge in [0.15, 0.2) is 0 Å².